The zero-order valence-electron chi connectivity index (χ0n) is 14.6. The zero-order valence-corrected chi connectivity index (χ0v) is 15.4. The van der Waals surface area contributed by atoms with Crippen LogP contribution in [-0.4, -0.2) is 31.9 Å². The van der Waals surface area contributed by atoms with Crippen molar-refractivity contribution >= 4 is 15.9 Å². The van der Waals surface area contributed by atoms with Crippen LogP contribution in [0.3, 0.4) is 0 Å². The molecule has 0 unspecified atom stereocenters. The van der Waals surface area contributed by atoms with Crippen LogP contribution in [0.4, 0.5) is 0 Å². The Labute approximate surface area is 144 Å². The summed E-state index contributed by atoms with van der Waals surface area (Å²) >= 11 is 0. The quantitative estimate of drug-likeness (QED) is 0.751. The molecule has 24 heavy (non-hydrogen) atoms. The van der Waals surface area contributed by atoms with Gasteiger partial charge >= 0.3 is 0 Å². The lowest BCUT2D eigenvalue weighted by atomic mass is 9.97. The molecule has 1 amide bonds. The number of nitrogens with two attached hydrogens (primary N) is 1. The number of nitrogens with one attached hydrogen (secondary N) is 2. The van der Waals surface area contributed by atoms with E-state index in [1.165, 1.54) is 24.3 Å². The molecule has 0 radical (unpaired) electrons. The molecule has 1 fully saturated rings. The van der Waals surface area contributed by atoms with E-state index in [1.807, 2.05) is 0 Å². The Morgan fingerprint density at radius 3 is 2.17 bits per heavy atom. The van der Waals surface area contributed by atoms with Gasteiger partial charge < -0.3 is 11.1 Å². The second-order valence-electron chi connectivity index (χ2n) is 7.53. The van der Waals surface area contributed by atoms with E-state index in [4.69, 9.17) is 5.73 Å². The summed E-state index contributed by atoms with van der Waals surface area (Å²) in [5.74, 6) is -0.213. The summed E-state index contributed by atoms with van der Waals surface area (Å²) in [5.41, 5.74) is 5.38. The molecule has 1 aromatic rings. The van der Waals surface area contributed by atoms with Crippen LogP contribution in [0.15, 0.2) is 29.2 Å². The van der Waals surface area contributed by atoms with Gasteiger partial charge in [0.1, 0.15) is 0 Å². The van der Waals surface area contributed by atoms with E-state index in [2.05, 4.69) is 10.0 Å². The van der Waals surface area contributed by atoms with Gasteiger partial charge in [-0.15, -0.1) is 0 Å². The monoisotopic (exact) mass is 353 g/mol. The third kappa shape index (κ3) is 4.55. The van der Waals surface area contributed by atoms with E-state index in [1.54, 1.807) is 20.8 Å². The minimum absolute atomic E-state index is 0.142. The van der Waals surface area contributed by atoms with Crippen molar-refractivity contribution in [2.45, 2.75) is 62.4 Å². The average molecular weight is 353 g/mol. The molecule has 0 bridgehead atoms. The first kappa shape index (κ1) is 18.9. The Hall–Kier alpha value is -1.44. The molecule has 0 atom stereocenters. The molecule has 1 aliphatic rings. The van der Waals surface area contributed by atoms with E-state index in [-0.39, 0.29) is 16.3 Å². The second kappa shape index (κ2) is 6.82. The molecule has 1 saturated carbocycles. The van der Waals surface area contributed by atoms with Gasteiger partial charge in [-0.1, -0.05) is 12.8 Å². The number of hydrogen-bond acceptors (Lipinski definition) is 4. The summed E-state index contributed by atoms with van der Waals surface area (Å²) in [6, 6.07) is 5.97. The van der Waals surface area contributed by atoms with E-state index < -0.39 is 15.6 Å². The van der Waals surface area contributed by atoms with Crippen molar-refractivity contribution in [3.8, 4) is 0 Å². The van der Waals surface area contributed by atoms with Gasteiger partial charge in [-0.05, 0) is 57.9 Å². The minimum atomic E-state index is -3.60. The van der Waals surface area contributed by atoms with E-state index in [9.17, 15) is 13.2 Å². The van der Waals surface area contributed by atoms with Gasteiger partial charge in [0, 0.05) is 17.6 Å². The van der Waals surface area contributed by atoms with Crippen LogP contribution in [0.1, 0.15) is 56.8 Å². The summed E-state index contributed by atoms with van der Waals surface area (Å²) in [4.78, 5) is 12.6. The van der Waals surface area contributed by atoms with Crippen LogP contribution in [0, 0.1) is 0 Å². The summed E-state index contributed by atoms with van der Waals surface area (Å²) < 4.78 is 27.1. The van der Waals surface area contributed by atoms with Crippen molar-refractivity contribution in [3.05, 3.63) is 29.8 Å². The normalized spacial score (nSPS) is 17.7. The molecule has 0 aromatic heterocycles. The van der Waals surface area contributed by atoms with Gasteiger partial charge in [-0.25, -0.2) is 13.1 Å². The second-order valence-corrected chi connectivity index (χ2v) is 9.21. The molecular formula is C17H27N3O3S. The third-order valence-corrected chi connectivity index (χ3v) is 5.97. The highest BCUT2D eigenvalue weighted by Crippen LogP contribution is 2.29. The molecule has 2 rings (SSSR count). The van der Waals surface area contributed by atoms with Crippen molar-refractivity contribution in [1.82, 2.24) is 10.0 Å². The molecule has 7 heteroatoms. The lowest BCUT2D eigenvalue weighted by Crippen LogP contribution is -2.51. The number of amides is 1. The summed E-state index contributed by atoms with van der Waals surface area (Å²) in [7, 11) is -3.60. The Morgan fingerprint density at radius 2 is 1.71 bits per heavy atom. The number of carbonyl (C=O) groups excluding carboxylic acids is 1. The summed E-state index contributed by atoms with van der Waals surface area (Å²) in [5, 5.41) is 3.03. The highest BCUT2D eigenvalue weighted by atomic mass is 32.2. The molecular weight excluding hydrogens is 326 g/mol. The standard InChI is InChI=1S/C17H27N3O3S/c1-16(2,3)20-24(22,23)14-8-6-13(7-9-14)15(21)19-17(12-18)10-4-5-11-17/h6-9,20H,4-5,10-12,18H2,1-3H3,(H,19,21). The Morgan fingerprint density at radius 1 is 1.17 bits per heavy atom. The maximum atomic E-state index is 12.4. The first-order valence-corrected chi connectivity index (χ1v) is 9.72. The topological polar surface area (TPSA) is 101 Å². The molecule has 0 saturated heterocycles. The van der Waals surface area contributed by atoms with Gasteiger partial charge in [0.25, 0.3) is 5.91 Å². The largest absolute Gasteiger partial charge is 0.345 e. The van der Waals surface area contributed by atoms with E-state index in [0.717, 1.165) is 25.7 Å². The SMILES string of the molecule is CC(C)(C)NS(=O)(=O)c1ccc(C(=O)NC2(CN)CCCC2)cc1. The maximum absolute atomic E-state index is 12.4. The van der Waals surface area contributed by atoms with Crippen LogP contribution < -0.4 is 15.8 Å². The number of carbonyl (C=O) groups is 1. The molecule has 0 aliphatic heterocycles. The number of rotatable bonds is 5. The van der Waals surface area contributed by atoms with E-state index in [0.29, 0.717) is 12.1 Å². The molecule has 1 aliphatic carbocycles. The predicted molar refractivity (Wildman–Crippen MR) is 94.2 cm³/mol. The lowest BCUT2D eigenvalue weighted by molar-refractivity contribution is 0.0903. The molecule has 6 nitrogen and oxygen atoms in total. The molecule has 4 N–H and O–H groups in total. The lowest BCUT2D eigenvalue weighted by Gasteiger charge is -2.28. The van der Waals surface area contributed by atoms with Gasteiger partial charge in [-0.3, -0.25) is 4.79 Å². The van der Waals surface area contributed by atoms with E-state index >= 15 is 0 Å². The van der Waals surface area contributed by atoms with Gasteiger partial charge in [0.05, 0.1) is 10.4 Å². The fourth-order valence-corrected chi connectivity index (χ4v) is 4.41. The van der Waals surface area contributed by atoms with Crippen molar-refractivity contribution in [1.29, 1.82) is 0 Å². The molecule has 134 valence electrons. The summed E-state index contributed by atoms with van der Waals surface area (Å²) in [6.07, 6.45) is 3.90. The smallest absolute Gasteiger partial charge is 0.251 e. The van der Waals surface area contributed by atoms with Crippen molar-refractivity contribution in [2.24, 2.45) is 5.73 Å². The van der Waals surface area contributed by atoms with Crippen LogP contribution in [0.2, 0.25) is 0 Å². The molecule has 0 heterocycles. The third-order valence-electron chi connectivity index (χ3n) is 4.20. The first-order chi connectivity index (χ1) is 11.1. The van der Waals surface area contributed by atoms with Crippen molar-refractivity contribution in [3.63, 3.8) is 0 Å². The van der Waals surface area contributed by atoms with Crippen LogP contribution in [0.5, 0.6) is 0 Å². The highest BCUT2D eigenvalue weighted by molar-refractivity contribution is 7.89. The highest BCUT2D eigenvalue weighted by Gasteiger charge is 2.34. The Balaban J connectivity index is 2.13. The Kier molecular flexibility index (Phi) is 5.37. The van der Waals surface area contributed by atoms with Crippen molar-refractivity contribution in [2.75, 3.05) is 6.54 Å². The number of sulfonamides is 1. The Bertz CT molecular complexity index is 685. The molecule has 0 spiro atoms. The van der Waals surface area contributed by atoms with Gasteiger partial charge in [-0.2, -0.15) is 0 Å². The molecule has 1 aromatic carbocycles. The maximum Gasteiger partial charge on any atom is 0.251 e. The fourth-order valence-electron chi connectivity index (χ4n) is 2.99. The van der Waals surface area contributed by atoms with Gasteiger partial charge in [0.2, 0.25) is 10.0 Å². The van der Waals surface area contributed by atoms with Crippen molar-refractivity contribution < 1.29 is 13.2 Å². The van der Waals surface area contributed by atoms with Crippen LogP contribution >= 0.6 is 0 Å². The van der Waals surface area contributed by atoms with Crippen LogP contribution in [0.25, 0.3) is 0 Å². The zero-order chi connectivity index (χ0) is 18.0. The van der Waals surface area contributed by atoms with Gasteiger partial charge in [0.15, 0.2) is 0 Å². The van der Waals surface area contributed by atoms with Crippen LogP contribution in [-0.2, 0) is 10.0 Å². The summed E-state index contributed by atoms with van der Waals surface area (Å²) in [6.45, 7) is 5.75. The minimum Gasteiger partial charge on any atom is -0.345 e. The first-order valence-electron chi connectivity index (χ1n) is 8.24. The number of hydrogen-bond donors (Lipinski definition) is 3. The fraction of sp³-hybridized carbons (Fsp3) is 0.588. The average Bonchev–Trinajstić information content (AvgIpc) is 2.94. The number of benzene rings is 1. The predicted octanol–water partition coefficient (Wildman–Crippen LogP) is 1.76.